The molecular formula is C18H41N. The van der Waals surface area contributed by atoms with E-state index in [-0.39, 0.29) is 0 Å². The monoisotopic (exact) mass is 271 g/mol. The Hall–Kier alpha value is -0.0400. The van der Waals surface area contributed by atoms with E-state index in [9.17, 15) is 0 Å². The maximum atomic E-state index is 3.39. The van der Waals surface area contributed by atoms with E-state index in [0.29, 0.717) is 0 Å². The fourth-order valence-corrected chi connectivity index (χ4v) is 1.94. The highest BCUT2D eigenvalue weighted by molar-refractivity contribution is 4.45. The Labute approximate surface area is 123 Å². The largest absolute Gasteiger partial charge is 0.317 e. The fraction of sp³-hybridized carbons (Fsp3) is 1.00. The summed E-state index contributed by atoms with van der Waals surface area (Å²) in [6, 6.07) is 0. The lowest BCUT2D eigenvalue weighted by atomic mass is 10.1. The molecule has 19 heavy (non-hydrogen) atoms. The summed E-state index contributed by atoms with van der Waals surface area (Å²) in [4.78, 5) is 0. The Kier molecular flexibility index (Phi) is 25.8. The summed E-state index contributed by atoms with van der Waals surface area (Å²) in [6.45, 7) is 11.4. The van der Waals surface area contributed by atoms with Crippen LogP contribution in [0.25, 0.3) is 0 Å². The van der Waals surface area contributed by atoms with Crippen LogP contribution in [0.4, 0.5) is 0 Å². The highest BCUT2D eigenvalue weighted by atomic mass is 14.8. The number of hydrogen-bond acceptors (Lipinski definition) is 1. The molecule has 0 aliphatic rings. The van der Waals surface area contributed by atoms with E-state index in [2.05, 4.69) is 33.0 Å². The first-order chi connectivity index (χ1) is 9.33. The summed E-state index contributed by atoms with van der Waals surface area (Å²) in [5.74, 6) is 0. The maximum absolute atomic E-state index is 3.39. The molecule has 0 aromatic carbocycles. The van der Waals surface area contributed by atoms with E-state index in [1.165, 1.54) is 90.1 Å². The topological polar surface area (TPSA) is 12.0 Å². The Morgan fingerprint density at radius 2 is 0.737 bits per heavy atom. The van der Waals surface area contributed by atoms with Crippen molar-refractivity contribution in [2.24, 2.45) is 0 Å². The summed E-state index contributed by atoms with van der Waals surface area (Å²) in [5, 5.41) is 3.39. The van der Waals surface area contributed by atoms with Crippen LogP contribution in [0.2, 0.25) is 0 Å². The first kappa shape index (κ1) is 21.3. The highest BCUT2D eigenvalue weighted by Crippen LogP contribution is 2.07. The van der Waals surface area contributed by atoms with Crippen molar-refractivity contribution in [3.8, 4) is 0 Å². The van der Waals surface area contributed by atoms with Crippen molar-refractivity contribution >= 4 is 0 Å². The minimum Gasteiger partial charge on any atom is -0.317 e. The summed E-state index contributed by atoms with van der Waals surface area (Å²) < 4.78 is 0. The van der Waals surface area contributed by atoms with Gasteiger partial charge in [-0.25, -0.2) is 0 Å². The molecule has 0 saturated carbocycles. The van der Waals surface area contributed by atoms with Crippen molar-refractivity contribution in [2.45, 2.75) is 105 Å². The highest BCUT2D eigenvalue weighted by Gasteiger charge is 1.87. The van der Waals surface area contributed by atoms with Gasteiger partial charge >= 0.3 is 0 Å². The predicted octanol–water partition coefficient (Wildman–Crippen LogP) is 6.32. The van der Waals surface area contributed by atoms with Gasteiger partial charge < -0.3 is 5.32 Å². The van der Waals surface area contributed by atoms with Gasteiger partial charge in [-0.1, -0.05) is 91.9 Å². The van der Waals surface area contributed by atoms with Crippen LogP contribution in [-0.2, 0) is 0 Å². The Bertz CT molecular complexity index is 109. The van der Waals surface area contributed by atoms with E-state index < -0.39 is 0 Å². The van der Waals surface area contributed by atoms with Crippen molar-refractivity contribution in [3.63, 3.8) is 0 Å². The van der Waals surface area contributed by atoms with E-state index >= 15 is 0 Å². The van der Waals surface area contributed by atoms with Crippen LogP contribution in [-0.4, -0.2) is 13.1 Å². The number of nitrogens with one attached hydrogen (secondary N) is 1. The Morgan fingerprint density at radius 1 is 0.421 bits per heavy atom. The van der Waals surface area contributed by atoms with Crippen molar-refractivity contribution in [2.75, 3.05) is 13.1 Å². The molecule has 0 unspecified atom stereocenters. The van der Waals surface area contributed by atoms with Gasteiger partial charge in [0.15, 0.2) is 0 Å². The molecule has 1 nitrogen and oxygen atoms in total. The fourth-order valence-electron chi connectivity index (χ4n) is 1.94. The second-order valence-electron chi connectivity index (χ2n) is 5.58. The predicted molar refractivity (Wildman–Crippen MR) is 91.0 cm³/mol. The normalized spacial score (nSPS) is 10.1. The van der Waals surface area contributed by atoms with Gasteiger partial charge in [0.1, 0.15) is 0 Å². The SMILES string of the molecule is CCCCCCCCCC.CCCCNCCCC. The molecule has 0 aromatic rings. The van der Waals surface area contributed by atoms with Crippen LogP contribution >= 0.6 is 0 Å². The van der Waals surface area contributed by atoms with Crippen LogP contribution in [0, 0.1) is 0 Å². The molecule has 0 rings (SSSR count). The zero-order chi connectivity index (χ0) is 14.6. The Balaban J connectivity index is 0. The summed E-state index contributed by atoms with van der Waals surface area (Å²) in [7, 11) is 0. The first-order valence-corrected chi connectivity index (χ1v) is 9.04. The third-order valence-electron chi connectivity index (χ3n) is 3.37. The van der Waals surface area contributed by atoms with Crippen molar-refractivity contribution < 1.29 is 0 Å². The van der Waals surface area contributed by atoms with E-state index in [0.717, 1.165) is 0 Å². The van der Waals surface area contributed by atoms with Crippen LogP contribution < -0.4 is 5.32 Å². The van der Waals surface area contributed by atoms with Gasteiger partial charge in [-0.2, -0.15) is 0 Å². The number of hydrogen-bond donors (Lipinski definition) is 1. The smallest absolute Gasteiger partial charge is 0.00490 e. The van der Waals surface area contributed by atoms with E-state index in [1.54, 1.807) is 0 Å². The molecule has 0 atom stereocenters. The van der Waals surface area contributed by atoms with Gasteiger partial charge in [-0.05, 0) is 25.9 Å². The van der Waals surface area contributed by atoms with E-state index in [1.807, 2.05) is 0 Å². The standard InChI is InChI=1S/C10H22.C8H19N/c1-3-5-7-9-10-8-6-4-2;1-3-5-7-9-8-6-4-2/h3-10H2,1-2H3;9H,3-8H2,1-2H3. The maximum Gasteiger partial charge on any atom is -0.00490 e. The minimum atomic E-state index is 1.20. The summed E-state index contributed by atoms with van der Waals surface area (Å²) >= 11 is 0. The van der Waals surface area contributed by atoms with Crippen molar-refractivity contribution in [1.82, 2.24) is 5.32 Å². The average molecular weight is 272 g/mol. The molecule has 0 aliphatic carbocycles. The molecule has 0 spiro atoms. The lowest BCUT2D eigenvalue weighted by molar-refractivity contribution is 0.585. The quantitative estimate of drug-likeness (QED) is 0.386. The van der Waals surface area contributed by atoms with Gasteiger partial charge in [0.25, 0.3) is 0 Å². The van der Waals surface area contributed by atoms with Gasteiger partial charge in [0, 0.05) is 0 Å². The molecular weight excluding hydrogens is 230 g/mol. The molecule has 0 aromatic heterocycles. The van der Waals surface area contributed by atoms with Crippen LogP contribution in [0.3, 0.4) is 0 Å². The summed E-state index contributed by atoms with van der Waals surface area (Å²) in [6.07, 6.45) is 16.7. The molecule has 0 saturated heterocycles. The lowest BCUT2D eigenvalue weighted by Crippen LogP contribution is -2.15. The molecule has 1 N–H and O–H groups in total. The zero-order valence-electron chi connectivity index (χ0n) is 14.4. The number of unbranched alkanes of at least 4 members (excludes halogenated alkanes) is 9. The molecule has 0 fully saturated rings. The van der Waals surface area contributed by atoms with Crippen molar-refractivity contribution in [3.05, 3.63) is 0 Å². The third kappa shape index (κ3) is 27.2. The average Bonchev–Trinajstić information content (AvgIpc) is 2.43. The van der Waals surface area contributed by atoms with Crippen LogP contribution in [0.15, 0.2) is 0 Å². The second kappa shape index (κ2) is 23.1. The van der Waals surface area contributed by atoms with E-state index in [4.69, 9.17) is 0 Å². The van der Waals surface area contributed by atoms with Crippen molar-refractivity contribution in [1.29, 1.82) is 0 Å². The molecule has 0 radical (unpaired) electrons. The summed E-state index contributed by atoms with van der Waals surface area (Å²) in [5.41, 5.74) is 0. The molecule has 0 heterocycles. The zero-order valence-corrected chi connectivity index (χ0v) is 14.4. The minimum absolute atomic E-state index is 1.20. The van der Waals surface area contributed by atoms with Crippen LogP contribution in [0.5, 0.6) is 0 Å². The number of rotatable bonds is 13. The molecule has 0 bridgehead atoms. The molecule has 118 valence electrons. The van der Waals surface area contributed by atoms with Gasteiger partial charge in [-0.3, -0.25) is 0 Å². The van der Waals surface area contributed by atoms with Gasteiger partial charge in [0.2, 0.25) is 0 Å². The van der Waals surface area contributed by atoms with Crippen LogP contribution in [0.1, 0.15) is 105 Å². The van der Waals surface area contributed by atoms with Gasteiger partial charge in [-0.15, -0.1) is 0 Å². The second-order valence-corrected chi connectivity index (χ2v) is 5.58. The third-order valence-corrected chi connectivity index (χ3v) is 3.37. The molecule has 0 aliphatic heterocycles. The Morgan fingerprint density at radius 3 is 1.05 bits per heavy atom. The first-order valence-electron chi connectivity index (χ1n) is 9.04. The molecule has 1 heteroatoms. The lowest BCUT2D eigenvalue weighted by Gasteiger charge is -1.99. The molecule has 0 amide bonds. The van der Waals surface area contributed by atoms with Gasteiger partial charge in [0.05, 0.1) is 0 Å².